The zero-order valence-electron chi connectivity index (χ0n) is 12.0. The molecule has 1 saturated heterocycles. The number of carbonyl (C=O) groups excluding carboxylic acids is 2. The Kier molecular flexibility index (Phi) is 4.84. The summed E-state index contributed by atoms with van der Waals surface area (Å²) < 4.78 is 0. The number of rotatable bonds is 4. The molecule has 0 bridgehead atoms. The lowest BCUT2D eigenvalue weighted by molar-refractivity contribution is -0.122. The second-order valence-electron chi connectivity index (χ2n) is 5.15. The van der Waals surface area contributed by atoms with Gasteiger partial charge in [-0.1, -0.05) is 11.6 Å². The quantitative estimate of drug-likeness (QED) is 0.838. The van der Waals surface area contributed by atoms with E-state index in [0.29, 0.717) is 22.6 Å². The number of hydrogen-bond acceptors (Lipinski definition) is 4. The summed E-state index contributed by atoms with van der Waals surface area (Å²) in [5, 5.41) is 5.65. The van der Waals surface area contributed by atoms with Gasteiger partial charge in [0.15, 0.2) is 5.13 Å². The van der Waals surface area contributed by atoms with Crippen LogP contribution in [0.1, 0.15) is 12.1 Å². The lowest BCUT2D eigenvalue weighted by atomic mass is 10.1. The number of alkyl halides is 1. The number of benzene rings is 1. The molecule has 2 aromatic rings. The Morgan fingerprint density at radius 2 is 2.13 bits per heavy atom. The Labute approximate surface area is 147 Å². The molecule has 1 aromatic carbocycles. The van der Waals surface area contributed by atoms with Gasteiger partial charge in [0.05, 0.1) is 17.5 Å². The molecule has 1 N–H and O–H groups in total. The van der Waals surface area contributed by atoms with E-state index in [2.05, 4.69) is 10.3 Å². The molecule has 1 unspecified atom stereocenters. The molecule has 0 radical (unpaired) electrons. The van der Waals surface area contributed by atoms with Crippen molar-refractivity contribution in [3.8, 4) is 0 Å². The standard InChI is InChI=1S/C15H13Cl2N3O2S/c16-6-11-8-23-15(18-11)19-14(22)9-5-13(21)20(7-9)12-3-1-10(17)2-4-12/h1-4,8-9H,5-7H2,(H,18,19,22). The summed E-state index contributed by atoms with van der Waals surface area (Å²) in [6.45, 7) is 0.347. The van der Waals surface area contributed by atoms with Crippen molar-refractivity contribution in [3.05, 3.63) is 40.4 Å². The van der Waals surface area contributed by atoms with E-state index in [1.807, 2.05) is 0 Å². The second-order valence-corrected chi connectivity index (χ2v) is 6.71. The lowest BCUT2D eigenvalue weighted by Crippen LogP contribution is -2.28. The first kappa shape index (κ1) is 16.2. The maximum Gasteiger partial charge on any atom is 0.231 e. The highest BCUT2D eigenvalue weighted by molar-refractivity contribution is 7.14. The van der Waals surface area contributed by atoms with Crippen molar-refractivity contribution in [2.75, 3.05) is 16.8 Å². The molecule has 1 aliphatic rings. The average Bonchev–Trinajstić information content (AvgIpc) is 3.15. The fourth-order valence-electron chi connectivity index (χ4n) is 2.39. The highest BCUT2D eigenvalue weighted by Crippen LogP contribution is 2.27. The number of aromatic nitrogens is 1. The van der Waals surface area contributed by atoms with E-state index < -0.39 is 5.92 Å². The number of anilines is 2. The fourth-order valence-corrected chi connectivity index (χ4v) is 3.45. The van der Waals surface area contributed by atoms with Crippen LogP contribution < -0.4 is 10.2 Å². The van der Waals surface area contributed by atoms with Gasteiger partial charge < -0.3 is 10.2 Å². The molecule has 0 spiro atoms. The molecule has 8 heteroatoms. The van der Waals surface area contributed by atoms with Crippen molar-refractivity contribution in [2.24, 2.45) is 5.92 Å². The van der Waals surface area contributed by atoms with Crippen LogP contribution in [0.25, 0.3) is 0 Å². The van der Waals surface area contributed by atoms with E-state index in [9.17, 15) is 9.59 Å². The van der Waals surface area contributed by atoms with Crippen LogP contribution in [0.3, 0.4) is 0 Å². The zero-order chi connectivity index (χ0) is 16.4. The summed E-state index contributed by atoms with van der Waals surface area (Å²) in [6, 6.07) is 6.99. The number of halogens is 2. The van der Waals surface area contributed by atoms with E-state index in [-0.39, 0.29) is 18.2 Å². The Hall–Kier alpha value is -1.63. The molecule has 0 aliphatic carbocycles. The smallest absolute Gasteiger partial charge is 0.231 e. The third-order valence-corrected chi connectivity index (χ3v) is 4.89. The molecule has 23 heavy (non-hydrogen) atoms. The number of carbonyl (C=O) groups is 2. The first-order chi connectivity index (χ1) is 11.1. The fraction of sp³-hybridized carbons (Fsp3) is 0.267. The maximum absolute atomic E-state index is 12.3. The predicted octanol–water partition coefficient (Wildman–Crippen LogP) is 3.53. The van der Waals surface area contributed by atoms with Crippen molar-refractivity contribution < 1.29 is 9.59 Å². The normalized spacial score (nSPS) is 17.6. The molecule has 2 heterocycles. The van der Waals surface area contributed by atoms with E-state index in [0.717, 1.165) is 11.4 Å². The van der Waals surface area contributed by atoms with Crippen molar-refractivity contribution >= 4 is 57.2 Å². The van der Waals surface area contributed by atoms with Gasteiger partial charge in [-0.05, 0) is 24.3 Å². The Morgan fingerprint density at radius 3 is 2.78 bits per heavy atom. The molecule has 3 rings (SSSR count). The molecule has 0 saturated carbocycles. The van der Waals surface area contributed by atoms with Crippen molar-refractivity contribution in [1.29, 1.82) is 0 Å². The molecule has 120 valence electrons. The van der Waals surface area contributed by atoms with Gasteiger partial charge in [0.25, 0.3) is 0 Å². The topological polar surface area (TPSA) is 62.3 Å². The lowest BCUT2D eigenvalue weighted by Gasteiger charge is -2.16. The summed E-state index contributed by atoms with van der Waals surface area (Å²) in [5.74, 6) is -0.376. The predicted molar refractivity (Wildman–Crippen MR) is 92.2 cm³/mol. The van der Waals surface area contributed by atoms with Gasteiger partial charge in [-0.2, -0.15) is 0 Å². The maximum atomic E-state index is 12.3. The van der Waals surface area contributed by atoms with Crippen LogP contribution in [-0.2, 0) is 15.5 Å². The minimum absolute atomic E-state index is 0.0759. The van der Waals surface area contributed by atoms with Crippen LogP contribution in [0.4, 0.5) is 10.8 Å². The largest absolute Gasteiger partial charge is 0.312 e. The van der Waals surface area contributed by atoms with Gasteiger partial charge in [0.2, 0.25) is 11.8 Å². The summed E-state index contributed by atoms with van der Waals surface area (Å²) in [7, 11) is 0. The summed E-state index contributed by atoms with van der Waals surface area (Å²) in [5.41, 5.74) is 1.46. The van der Waals surface area contributed by atoms with Gasteiger partial charge in [0.1, 0.15) is 0 Å². The van der Waals surface area contributed by atoms with Crippen molar-refractivity contribution in [3.63, 3.8) is 0 Å². The third-order valence-electron chi connectivity index (χ3n) is 3.55. The monoisotopic (exact) mass is 369 g/mol. The summed E-state index contributed by atoms with van der Waals surface area (Å²) in [4.78, 5) is 30.3. The van der Waals surface area contributed by atoms with Gasteiger partial charge >= 0.3 is 0 Å². The molecule has 5 nitrogen and oxygen atoms in total. The van der Waals surface area contributed by atoms with Gasteiger partial charge in [-0.15, -0.1) is 22.9 Å². The Morgan fingerprint density at radius 1 is 1.39 bits per heavy atom. The third kappa shape index (κ3) is 3.65. The second kappa shape index (κ2) is 6.86. The molecular weight excluding hydrogens is 357 g/mol. The van der Waals surface area contributed by atoms with Crippen LogP contribution in [-0.4, -0.2) is 23.3 Å². The minimum atomic E-state index is -0.401. The highest BCUT2D eigenvalue weighted by atomic mass is 35.5. The SMILES string of the molecule is O=C(Nc1nc(CCl)cs1)C1CC(=O)N(c2ccc(Cl)cc2)C1. The van der Waals surface area contributed by atoms with E-state index in [4.69, 9.17) is 23.2 Å². The van der Waals surface area contributed by atoms with E-state index in [1.54, 1.807) is 34.5 Å². The number of nitrogens with zero attached hydrogens (tertiary/aromatic N) is 2. The number of hydrogen-bond donors (Lipinski definition) is 1. The zero-order valence-corrected chi connectivity index (χ0v) is 14.3. The molecule has 1 atom stereocenters. The van der Waals surface area contributed by atoms with Crippen molar-refractivity contribution in [1.82, 2.24) is 4.98 Å². The van der Waals surface area contributed by atoms with Gasteiger partial charge in [-0.25, -0.2) is 4.98 Å². The first-order valence-electron chi connectivity index (χ1n) is 6.94. The van der Waals surface area contributed by atoms with E-state index in [1.165, 1.54) is 11.3 Å². The molecule has 2 amide bonds. The van der Waals surface area contributed by atoms with Crippen LogP contribution >= 0.6 is 34.5 Å². The van der Waals surface area contributed by atoms with Crippen LogP contribution in [0.5, 0.6) is 0 Å². The summed E-state index contributed by atoms with van der Waals surface area (Å²) >= 11 is 12.9. The van der Waals surface area contributed by atoms with Gasteiger partial charge in [0, 0.05) is 29.1 Å². The van der Waals surface area contributed by atoms with Crippen LogP contribution in [0, 0.1) is 5.92 Å². The molecule has 1 aromatic heterocycles. The first-order valence-corrected chi connectivity index (χ1v) is 8.73. The van der Waals surface area contributed by atoms with Crippen LogP contribution in [0.15, 0.2) is 29.6 Å². The number of nitrogens with one attached hydrogen (secondary N) is 1. The average molecular weight is 370 g/mol. The van der Waals surface area contributed by atoms with Gasteiger partial charge in [-0.3, -0.25) is 9.59 Å². The molecular formula is C15H13Cl2N3O2S. The summed E-state index contributed by atoms with van der Waals surface area (Å²) in [6.07, 6.45) is 0.183. The number of thiazole rings is 1. The highest BCUT2D eigenvalue weighted by Gasteiger charge is 2.35. The Bertz CT molecular complexity index is 733. The minimum Gasteiger partial charge on any atom is -0.312 e. The number of amides is 2. The molecule has 1 aliphatic heterocycles. The Balaban J connectivity index is 1.66. The van der Waals surface area contributed by atoms with Crippen LogP contribution in [0.2, 0.25) is 5.02 Å². The van der Waals surface area contributed by atoms with E-state index >= 15 is 0 Å². The molecule has 1 fully saturated rings. The van der Waals surface area contributed by atoms with Crippen molar-refractivity contribution in [2.45, 2.75) is 12.3 Å².